The Balaban J connectivity index is 1.42. The molecule has 186 valence electrons. The summed E-state index contributed by atoms with van der Waals surface area (Å²) in [6.07, 6.45) is 2.73. The van der Waals surface area contributed by atoms with Gasteiger partial charge in [0.15, 0.2) is 19.0 Å². The summed E-state index contributed by atoms with van der Waals surface area (Å²) in [6, 6.07) is 10.7. The van der Waals surface area contributed by atoms with E-state index in [2.05, 4.69) is 6.92 Å². The summed E-state index contributed by atoms with van der Waals surface area (Å²) in [4.78, 5) is 46.4. The number of hydrogen-bond donors (Lipinski definition) is 0. The van der Waals surface area contributed by atoms with Crippen LogP contribution in [0.25, 0.3) is 11.3 Å². The minimum atomic E-state index is -0.290. The van der Waals surface area contributed by atoms with Gasteiger partial charge in [-0.1, -0.05) is 13.8 Å². The predicted octanol–water partition coefficient (Wildman–Crippen LogP) is 4.51. The van der Waals surface area contributed by atoms with Crippen molar-refractivity contribution in [3.63, 3.8) is 0 Å². The van der Waals surface area contributed by atoms with Crippen LogP contribution in [0.1, 0.15) is 42.1 Å². The van der Waals surface area contributed by atoms with E-state index in [1.807, 2.05) is 30.5 Å². The summed E-state index contributed by atoms with van der Waals surface area (Å²) in [5, 5.41) is 3.07. The number of ketones is 1. The van der Waals surface area contributed by atoms with Gasteiger partial charge in [-0.05, 0) is 55.7 Å². The highest BCUT2D eigenvalue weighted by molar-refractivity contribution is 7.09. The number of amides is 2. The number of anilines is 2. The Morgan fingerprint density at radius 3 is 2.36 bits per heavy atom. The summed E-state index contributed by atoms with van der Waals surface area (Å²) < 4.78 is 11.2. The lowest BCUT2D eigenvalue weighted by atomic mass is 10.1. The molecule has 2 amide bonds. The van der Waals surface area contributed by atoms with Gasteiger partial charge in [0.1, 0.15) is 11.5 Å². The fourth-order valence-electron chi connectivity index (χ4n) is 4.39. The van der Waals surface area contributed by atoms with E-state index in [4.69, 9.17) is 14.5 Å². The predicted molar refractivity (Wildman–Crippen MR) is 138 cm³/mol. The maximum atomic E-state index is 13.3. The lowest BCUT2D eigenvalue weighted by Gasteiger charge is -2.30. The van der Waals surface area contributed by atoms with Crippen molar-refractivity contribution >= 4 is 40.3 Å². The van der Waals surface area contributed by atoms with Gasteiger partial charge in [-0.25, -0.2) is 4.98 Å². The van der Waals surface area contributed by atoms with Crippen LogP contribution >= 0.6 is 11.3 Å². The molecule has 0 saturated heterocycles. The zero-order valence-electron chi connectivity index (χ0n) is 20.3. The van der Waals surface area contributed by atoms with E-state index in [0.717, 1.165) is 35.5 Å². The molecule has 3 aromatic rings. The molecule has 1 aromatic heterocycles. The summed E-state index contributed by atoms with van der Waals surface area (Å²) in [7, 11) is 0. The summed E-state index contributed by atoms with van der Waals surface area (Å²) in [5.74, 6) is 0.458. The number of aromatic nitrogens is 1. The number of hydrogen-bond acceptors (Lipinski definition) is 7. The Bertz CT molecular complexity index is 1330. The Morgan fingerprint density at radius 1 is 0.944 bits per heavy atom. The van der Waals surface area contributed by atoms with Crippen LogP contribution in [-0.2, 0) is 16.0 Å². The van der Waals surface area contributed by atoms with Crippen LogP contribution in [0.15, 0.2) is 41.8 Å². The van der Waals surface area contributed by atoms with Crippen LogP contribution in [0.4, 0.5) is 11.4 Å². The molecule has 9 heteroatoms. The molecule has 0 radical (unpaired) electrons. The molecule has 0 aliphatic carbocycles. The summed E-state index contributed by atoms with van der Waals surface area (Å²) >= 11 is 1.62. The Kier molecular flexibility index (Phi) is 6.73. The first-order valence-electron chi connectivity index (χ1n) is 12.1. The second-order valence-corrected chi connectivity index (χ2v) is 9.71. The van der Waals surface area contributed by atoms with Crippen molar-refractivity contribution in [3.8, 4) is 22.8 Å². The Morgan fingerprint density at radius 2 is 1.64 bits per heavy atom. The van der Waals surface area contributed by atoms with Gasteiger partial charge in [-0.2, -0.15) is 0 Å². The molecule has 0 N–H and O–H groups in total. The van der Waals surface area contributed by atoms with E-state index in [1.54, 1.807) is 34.4 Å². The second-order valence-electron chi connectivity index (χ2n) is 8.77. The lowest BCUT2D eigenvalue weighted by molar-refractivity contribution is -0.121. The summed E-state index contributed by atoms with van der Waals surface area (Å²) in [6.45, 7) is 4.37. The molecule has 0 unspecified atom stereocenters. The first kappa shape index (κ1) is 24.0. The molecule has 0 bridgehead atoms. The van der Waals surface area contributed by atoms with E-state index >= 15 is 0 Å². The van der Waals surface area contributed by atoms with Crippen LogP contribution in [0, 0.1) is 0 Å². The van der Waals surface area contributed by atoms with E-state index in [9.17, 15) is 14.4 Å². The Labute approximate surface area is 213 Å². The maximum absolute atomic E-state index is 13.3. The van der Waals surface area contributed by atoms with Gasteiger partial charge in [0.2, 0.25) is 0 Å². The van der Waals surface area contributed by atoms with Crippen LogP contribution in [0.3, 0.4) is 0 Å². The number of Topliss-reactive ketones (excluding diaryl/α,β-unsaturated/α-hetero) is 1. The molecule has 2 aromatic carbocycles. The molecule has 36 heavy (non-hydrogen) atoms. The molecule has 2 aliphatic rings. The number of fused-ring (bicyclic) bond motifs is 2. The number of rotatable bonds is 8. The molecule has 0 saturated carbocycles. The first-order valence-corrected chi connectivity index (χ1v) is 13.0. The van der Waals surface area contributed by atoms with Crippen LogP contribution in [0.5, 0.6) is 11.5 Å². The molecule has 5 rings (SSSR count). The third kappa shape index (κ3) is 4.58. The minimum absolute atomic E-state index is 0.0133. The number of ether oxygens (including phenoxy) is 2. The quantitative estimate of drug-likeness (QED) is 0.419. The molecule has 0 fully saturated rings. The molecule has 0 spiro atoms. The first-order chi connectivity index (χ1) is 17.5. The SMILES string of the molecule is CCCc1nc(-c2ccc3c(c2)N(CC(=O)c2ccc4c(c2)N(CCC)C(=O)CO4)C(=O)CO3)cs1. The van der Waals surface area contributed by atoms with Gasteiger partial charge >= 0.3 is 0 Å². The summed E-state index contributed by atoms with van der Waals surface area (Å²) in [5.41, 5.74) is 3.25. The molecular weight excluding hydrogens is 478 g/mol. The average Bonchev–Trinajstić information content (AvgIpc) is 3.36. The molecule has 3 heterocycles. The Hall–Kier alpha value is -3.72. The van der Waals surface area contributed by atoms with E-state index in [-0.39, 0.29) is 37.4 Å². The van der Waals surface area contributed by atoms with E-state index < -0.39 is 0 Å². The van der Waals surface area contributed by atoms with Crippen LogP contribution < -0.4 is 19.3 Å². The monoisotopic (exact) mass is 505 g/mol. The number of nitrogens with zero attached hydrogens (tertiary/aromatic N) is 3. The van der Waals surface area contributed by atoms with Gasteiger partial charge in [-0.3, -0.25) is 19.3 Å². The fourth-order valence-corrected chi connectivity index (χ4v) is 5.30. The number of thiazole rings is 1. The maximum Gasteiger partial charge on any atom is 0.265 e. The van der Waals surface area contributed by atoms with Gasteiger partial charge in [0.05, 0.1) is 28.6 Å². The van der Waals surface area contributed by atoms with E-state index in [0.29, 0.717) is 35.0 Å². The molecular formula is C27H27N3O5S. The lowest BCUT2D eigenvalue weighted by Crippen LogP contribution is -2.42. The van der Waals surface area contributed by atoms with Gasteiger partial charge in [-0.15, -0.1) is 11.3 Å². The zero-order chi connectivity index (χ0) is 25.2. The van der Waals surface area contributed by atoms with Crippen molar-refractivity contribution in [3.05, 3.63) is 52.3 Å². The molecule has 0 atom stereocenters. The number of carbonyl (C=O) groups is 3. The molecule has 8 nitrogen and oxygen atoms in total. The fraction of sp³-hybridized carbons (Fsp3) is 0.333. The largest absolute Gasteiger partial charge is 0.482 e. The molecule has 2 aliphatic heterocycles. The smallest absolute Gasteiger partial charge is 0.265 e. The normalized spacial score (nSPS) is 14.7. The van der Waals surface area contributed by atoms with Gasteiger partial charge in [0.25, 0.3) is 11.8 Å². The van der Waals surface area contributed by atoms with Crippen molar-refractivity contribution < 1.29 is 23.9 Å². The van der Waals surface area contributed by atoms with Gasteiger partial charge < -0.3 is 14.4 Å². The number of aryl methyl sites for hydroxylation is 1. The standard InChI is InChI=1S/C27H27N3O5S/c1-3-5-25-28-19(16-36-25)17-6-8-24-21(11-17)30(27(33)15-35-24)13-22(31)18-7-9-23-20(12-18)29(10-4-2)26(32)14-34-23/h6-9,11-12,16H,3-5,10,13-15H2,1-2H3. The average molecular weight is 506 g/mol. The van der Waals surface area contributed by atoms with Crippen molar-refractivity contribution in [2.24, 2.45) is 0 Å². The zero-order valence-corrected chi connectivity index (χ0v) is 21.1. The van der Waals surface area contributed by atoms with Crippen LogP contribution in [-0.4, -0.2) is 48.9 Å². The number of benzene rings is 2. The third-order valence-corrected chi connectivity index (χ3v) is 7.09. The minimum Gasteiger partial charge on any atom is -0.482 e. The topological polar surface area (TPSA) is 89.0 Å². The van der Waals surface area contributed by atoms with Crippen LogP contribution in [0.2, 0.25) is 0 Å². The second kappa shape index (κ2) is 10.1. The number of carbonyl (C=O) groups excluding carboxylic acids is 3. The van der Waals surface area contributed by atoms with Crippen molar-refractivity contribution in [2.45, 2.75) is 33.1 Å². The van der Waals surface area contributed by atoms with E-state index in [1.165, 1.54) is 4.90 Å². The van der Waals surface area contributed by atoms with Gasteiger partial charge in [0, 0.05) is 23.1 Å². The highest BCUT2D eigenvalue weighted by Gasteiger charge is 2.30. The highest BCUT2D eigenvalue weighted by Crippen LogP contribution is 2.37. The van der Waals surface area contributed by atoms with Crippen molar-refractivity contribution in [2.75, 3.05) is 36.1 Å². The third-order valence-electron chi connectivity index (χ3n) is 6.19. The van der Waals surface area contributed by atoms with Crippen molar-refractivity contribution in [1.29, 1.82) is 0 Å². The van der Waals surface area contributed by atoms with Crippen molar-refractivity contribution in [1.82, 2.24) is 4.98 Å². The highest BCUT2D eigenvalue weighted by atomic mass is 32.1.